The third-order valence-electron chi connectivity index (χ3n) is 3.74. The van der Waals surface area contributed by atoms with E-state index in [1.807, 2.05) is 0 Å². The summed E-state index contributed by atoms with van der Waals surface area (Å²) in [5, 5.41) is 0. The molecule has 158 valence electrons. The van der Waals surface area contributed by atoms with Crippen molar-refractivity contribution in [2.24, 2.45) is 0 Å². The van der Waals surface area contributed by atoms with Gasteiger partial charge in [0, 0.05) is 18.2 Å². The van der Waals surface area contributed by atoms with Gasteiger partial charge in [-0.2, -0.15) is 17.9 Å². The van der Waals surface area contributed by atoms with E-state index >= 15 is 0 Å². The molecule has 0 heterocycles. The Kier molecular flexibility index (Phi) is 7.22. The molecule has 0 aliphatic rings. The van der Waals surface area contributed by atoms with Gasteiger partial charge in [-0.3, -0.25) is 4.79 Å². The van der Waals surface area contributed by atoms with Crippen molar-refractivity contribution in [1.82, 2.24) is 4.72 Å². The van der Waals surface area contributed by atoms with Crippen molar-refractivity contribution in [2.45, 2.75) is 11.1 Å². The van der Waals surface area contributed by atoms with Crippen LogP contribution in [0.1, 0.15) is 5.56 Å². The number of carbonyl (C=O) groups is 1. The number of sulfonamides is 1. The Balaban J connectivity index is 2.56. The standard InChI is InChI=1S/C18H18F3NO6S/c1-26-11-28-15-9-12(18(19,20)21)7-8-13(15)14-5-3-4-6-16(14)29(24,25)22-10-17(23)27-2/h3-9,22H,10-11H2,1-2H3. The molecule has 2 rings (SSSR count). The summed E-state index contributed by atoms with van der Waals surface area (Å²) in [5.41, 5.74) is -0.768. The van der Waals surface area contributed by atoms with Gasteiger partial charge in [-0.15, -0.1) is 0 Å². The molecule has 0 aromatic heterocycles. The SMILES string of the molecule is COCOc1cc(C(F)(F)F)ccc1-c1ccccc1S(=O)(=O)NCC(=O)OC. The van der Waals surface area contributed by atoms with E-state index in [1.165, 1.54) is 31.4 Å². The maximum absolute atomic E-state index is 13.1. The van der Waals surface area contributed by atoms with E-state index < -0.39 is 34.3 Å². The molecule has 0 atom stereocenters. The van der Waals surface area contributed by atoms with Crippen molar-refractivity contribution in [2.75, 3.05) is 27.6 Å². The van der Waals surface area contributed by atoms with Gasteiger partial charge in [0.25, 0.3) is 0 Å². The molecule has 0 bridgehead atoms. The molecule has 1 N–H and O–H groups in total. The maximum atomic E-state index is 13.1. The lowest BCUT2D eigenvalue weighted by Gasteiger charge is -2.17. The number of nitrogens with one attached hydrogen (secondary N) is 1. The van der Waals surface area contributed by atoms with E-state index in [0.29, 0.717) is 0 Å². The van der Waals surface area contributed by atoms with Crippen LogP contribution in [-0.2, 0) is 30.5 Å². The molecule has 0 unspecified atom stereocenters. The van der Waals surface area contributed by atoms with E-state index in [4.69, 9.17) is 9.47 Å². The van der Waals surface area contributed by atoms with Crippen molar-refractivity contribution in [3.05, 3.63) is 48.0 Å². The van der Waals surface area contributed by atoms with E-state index in [-0.39, 0.29) is 28.6 Å². The van der Waals surface area contributed by atoms with E-state index in [0.717, 1.165) is 25.3 Å². The molecule has 0 amide bonds. The van der Waals surface area contributed by atoms with E-state index in [2.05, 4.69) is 9.46 Å². The predicted molar refractivity (Wildman–Crippen MR) is 96.6 cm³/mol. The number of ether oxygens (including phenoxy) is 3. The van der Waals surface area contributed by atoms with Crippen LogP contribution >= 0.6 is 0 Å². The lowest BCUT2D eigenvalue weighted by molar-refractivity contribution is -0.139. The molecule has 0 spiro atoms. The number of methoxy groups -OCH3 is 2. The summed E-state index contributed by atoms with van der Waals surface area (Å²) in [4.78, 5) is 11.0. The molecule has 7 nitrogen and oxygen atoms in total. The summed E-state index contributed by atoms with van der Waals surface area (Å²) in [7, 11) is -1.78. The first-order chi connectivity index (χ1) is 13.6. The van der Waals surface area contributed by atoms with Gasteiger partial charge in [0.2, 0.25) is 10.0 Å². The fourth-order valence-corrected chi connectivity index (χ4v) is 3.58. The average Bonchev–Trinajstić information content (AvgIpc) is 2.69. The first-order valence-electron chi connectivity index (χ1n) is 8.09. The Bertz CT molecular complexity index is 976. The Morgan fingerprint density at radius 3 is 2.38 bits per heavy atom. The minimum absolute atomic E-state index is 0.0877. The lowest BCUT2D eigenvalue weighted by Crippen LogP contribution is -2.30. The molecular weight excluding hydrogens is 415 g/mol. The largest absolute Gasteiger partial charge is 0.468 e. The number of hydrogen-bond donors (Lipinski definition) is 1. The molecule has 2 aromatic carbocycles. The molecule has 0 saturated carbocycles. The lowest BCUT2D eigenvalue weighted by atomic mass is 10.0. The Labute approximate surface area is 165 Å². The number of rotatable bonds is 8. The van der Waals surface area contributed by atoms with Gasteiger partial charge in [0.05, 0.1) is 17.6 Å². The zero-order valence-electron chi connectivity index (χ0n) is 15.4. The third-order valence-corrected chi connectivity index (χ3v) is 5.20. The van der Waals surface area contributed by atoms with Crippen LogP contribution in [0.5, 0.6) is 5.75 Å². The van der Waals surface area contributed by atoms with Gasteiger partial charge < -0.3 is 14.2 Å². The number of halogens is 3. The highest BCUT2D eigenvalue weighted by atomic mass is 32.2. The van der Waals surface area contributed by atoms with Crippen molar-refractivity contribution in [3.63, 3.8) is 0 Å². The van der Waals surface area contributed by atoms with Crippen molar-refractivity contribution >= 4 is 16.0 Å². The van der Waals surface area contributed by atoms with E-state index in [1.54, 1.807) is 0 Å². The molecule has 0 fully saturated rings. The quantitative estimate of drug-likeness (QED) is 0.509. The van der Waals surface area contributed by atoms with Crippen LogP contribution in [0.15, 0.2) is 47.4 Å². The van der Waals surface area contributed by atoms with Gasteiger partial charge >= 0.3 is 12.1 Å². The number of alkyl halides is 3. The van der Waals surface area contributed by atoms with Crippen molar-refractivity contribution < 1.29 is 40.6 Å². The number of carbonyl (C=O) groups excluding carboxylic acids is 1. The predicted octanol–water partition coefficient (Wildman–Crippen LogP) is 2.81. The molecule has 0 aliphatic heterocycles. The number of esters is 1. The molecular formula is C18H18F3NO6S. The zero-order valence-corrected chi connectivity index (χ0v) is 16.3. The monoisotopic (exact) mass is 433 g/mol. The number of benzene rings is 2. The minimum Gasteiger partial charge on any atom is -0.468 e. The summed E-state index contributed by atoms with van der Waals surface area (Å²) in [6.07, 6.45) is -4.61. The highest BCUT2D eigenvalue weighted by Crippen LogP contribution is 2.39. The van der Waals surface area contributed by atoms with Crippen LogP contribution in [0, 0.1) is 0 Å². The topological polar surface area (TPSA) is 90.9 Å². The fourth-order valence-electron chi connectivity index (χ4n) is 2.39. The molecule has 0 saturated heterocycles. The van der Waals surface area contributed by atoms with Gasteiger partial charge in [-0.1, -0.05) is 24.3 Å². The molecule has 29 heavy (non-hydrogen) atoms. The normalized spacial score (nSPS) is 11.9. The van der Waals surface area contributed by atoms with Crippen molar-refractivity contribution in [1.29, 1.82) is 0 Å². The van der Waals surface area contributed by atoms with E-state index in [9.17, 15) is 26.4 Å². The van der Waals surface area contributed by atoms with Gasteiger partial charge in [0.1, 0.15) is 12.3 Å². The highest BCUT2D eigenvalue weighted by Gasteiger charge is 2.32. The van der Waals surface area contributed by atoms with Crippen LogP contribution in [0.2, 0.25) is 0 Å². The zero-order chi connectivity index (χ0) is 21.7. The van der Waals surface area contributed by atoms with Gasteiger partial charge in [-0.25, -0.2) is 8.42 Å². The van der Waals surface area contributed by atoms with Crippen LogP contribution < -0.4 is 9.46 Å². The summed E-state index contributed by atoms with van der Waals surface area (Å²) in [6, 6.07) is 8.33. The minimum atomic E-state index is -4.61. The summed E-state index contributed by atoms with van der Waals surface area (Å²) < 4.78 is 81.0. The van der Waals surface area contributed by atoms with Gasteiger partial charge in [0.15, 0.2) is 6.79 Å². The highest BCUT2D eigenvalue weighted by molar-refractivity contribution is 7.89. The molecule has 11 heteroatoms. The second kappa shape index (κ2) is 9.25. The summed E-state index contributed by atoms with van der Waals surface area (Å²) >= 11 is 0. The Morgan fingerprint density at radius 1 is 1.07 bits per heavy atom. The van der Waals surface area contributed by atoms with Crippen LogP contribution in [0.4, 0.5) is 13.2 Å². The maximum Gasteiger partial charge on any atom is 0.416 e. The fraction of sp³-hybridized carbons (Fsp3) is 0.278. The second-order valence-electron chi connectivity index (χ2n) is 5.66. The smallest absolute Gasteiger partial charge is 0.416 e. The second-order valence-corrected chi connectivity index (χ2v) is 7.39. The third kappa shape index (κ3) is 5.68. The number of hydrogen-bond acceptors (Lipinski definition) is 6. The van der Waals surface area contributed by atoms with Crippen molar-refractivity contribution in [3.8, 4) is 16.9 Å². The molecule has 0 radical (unpaired) electrons. The Hall–Kier alpha value is -2.63. The average molecular weight is 433 g/mol. The van der Waals surface area contributed by atoms with Crippen LogP contribution in [-0.4, -0.2) is 41.9 Å². The van der Waals surface area contributed by atoms with Crippen LogP contribution in [0.3, 0.4) is 0 Å². The summed E-state index contributed by atoms with van der Waals surface area (Å²) in [6.45, 7) is -0.947. The first kappa shape index (κ1) is 22.7. The van der Waals surface area contributed by atoms with Gasteiger partial charge in [-0.05, 0) is 18.2 Å². The molecule has 0 aliphatic carbocycles. The summed E-state index contributed by atoms with van der Waals surface area (Å²) in [5.74, 6) is -1.01. The Morgan fingerprint density at radius 2 is 1.76 bits per heavy atom. The molecule has 2 aromatic rings. The van der Waals surface area contributed by atoms with Crippen LogP contribution in [0.25, 0.3) is 11.1 Å². The first-order valence-corrected chi connectivity index (χ1v) is 9.57.